The number of halogens is 2. The number of nitrogens with zero attached hydrogens (tertiary/aromatic N) is 2. The number of hydrogen-bond donors (Lipinski definition) is 2. The lowest BCUT2D eigenvalue weighted by Gasteiger charge is -2.04. The maximum absolute atomic E-state index is 13.7. The van der Waals surface area contributed by atoms with Gasteiger partial charge in [0.15, 0.2) is 0 Å². The molecule has 6 heteroatoms. The first-order chi connectivity index (χ1) is 7.58. The Morgan fingerprint density at radius 3 is 2.75 bits per heavy atom. The summed E-state index contributed by atoms with van der Waals surface area (Å²) in [5.74, 6) is -0.604. The lowest BCUT2D eigenvalue weighted by molar-refractivity contribution is 0.610. The van der Waals surface area contributed by atoms with Gasteiger partial charge in [0.2, 0.25) is 0 Å². The summed E-state index contributed by atoms with van der Waals surface area (Å²) in [5, 5.41) is 11.2. The van der Waals surface area contributed by atoms with E-state index >= 15 is 0 Å². The van der Waals surface area contributed by atoms with E-state index in [1.54, 1.807) is 24.5 Å². The molecule has 82 valence electrons. The Morgan fingerprint density at radius 2 is 2.25 bits per heavy atom. The molecular weight excluding hydrogens is 322 g/mol. The van der Waals surface area contributed by atoms with Crippen LogP contribution in [0.15, 0.2) is 30.6 Å². The van der Waals surface area contributed by atoms with Crippen LogP contribution in [0.3, 0.4) is 0 Å². The van der Waals surface area contributed by atoms with E-state index in [2.05, 4.69) is 27.7 Å². The average molecular weight is 330 g/mol. The van der Waals surface area contributed by atoms with Crippen molar-refractivity contribution in [3.8, 4) is 5.69 Å². The van der Waals surface area contributed by atoms with Gasteiger partial charge in [-0.15, -0.1) is 0 Å². The van der Waals surface area contributed by atoms with Crippen molar-refractivity contribution in [3.63, 3.8) is 0 Å². The number of aromatic nitrogens is 2. The number of nitrogen functional groups attached to an aromatic ring is 1. The van der Waals surface area contributed by atoms with Crippen LogP contribution in [0.5, 0.6) is 0 Å². The Morgan fingerprint density at radius 1 is 1.50 bits per heavy atom. The van der Waals surface area contributed by atoms with Gasteiger partial charge in [-0.25, -0.2) is 9.07 Å². The van der Waals surface area contributed by atoms with Crippen LogP contribution in [0.4, 0.5) is 4.39 Å². The second kappa shape index (κ2) is 4.20. The Hall–Kier alpha value is -1.44. The molecule has 0 fully saturated rings. The molecule has 0 spiro atoms. The maximum Gasteiger partial charge on any atom is 0.149 e. The normalized spacial score (nSPS) is 10.4. The van der Waals surface area contributed by atoms with E-state index in [0.29, 0.717) is 11.3 Å². The summed E-state index contributed by atoms with van der Waals surface area (Å²) < 4.78 is 16.1. The minimum absolute atomic E-state index is 0.152. The second-order valence-corrected chi connectivity index (χ2v) is 4.43. The van der Waals surface area contributed by atoms with Crippen molar-refractivity contribution < 1.29 is 4.39 Å². The van der Waals surface area contributed by atoms with Gasteiger partial charge in [-0.1, -0.05) is 0 Å². The first-order valence-corrected chi connectivity index (χ1v) is 5.50. The van der Waals surface area contributed by atoms with Crippen LogP contribution in [0.1, 0.15) is 5.56 Å². The fourth-order valence-corrected chi connectivity index (χ4v) is 1.68. The van der Waals surface area contributed by atoms with Crippen molar-refractivity contribution in [1.29, 1.82) is 5.41 Å². The summed E-state index contributed by atoms with van der Waals surface area (Å²) >= 11 is 2.10. The molecule has 2 rings (SSSR count). The molecule has 1 heterocycles. The van der Waals surface area contributed by atoms with Crippen molar-refractivity contribution in [2.24, 2.45) is 5.73 Å². The third-order valence-electron chi connectivity index (χ3n) is 2.06. The quantitative estimate of drug-likeness (QED) is 0.502. The molecule has 1 aromatic heterocycles. The Labute approximate surface area is 105 Å². The highest BCUT2D eigenvalue weighted by atomic mass is 127. The molecular formula is C10H8FIN4. The van der Waals surface area contributed by atoms with Gasteiger partial charge in [0.25, 0.3) is 0 Å². The highest BCUT2D eigenvalue weighted by Gasteiger charge is 2.07. The largest absolute Gasteiger partial charge is 0.384 e. The average Bonchev–Trinajstić information content (AvgIpc) is 2.64. The second-order valence-electron chi connectivity index (χ2n) is 3.18. The lowest BCUT2D eigenvalue weighted by Crippen LogP contribution is -2.12. The zero-order chi connectivity index (χ0) is 11.7. The zero-order valence-electron chi connectivity index (χ0n) is 8.11. The number of nitrogens with two attached hydrogens (primary N) is 1. The maximum atomic E-state index is 13.7. The van der Waals surface area contributed by atoms with Crippen LogP contribution in [-0.4, -0.2) is 15.6 Å². The van der Waals surface area contributed by atoms with E-state index in [-0.39, 0.29) is 5.84 Å². The Kier molecular flexibility index (Phi) is 2.90. The Balaban J connectivity index is 2.47. The highest BCUT2D eigenvalue weighted by Crippen LogP contribution is 2.15. The van der Waals surface area contributed by atoms with Gasteiger partial charge in [0.1, 0.15) is 17.3 Å². The number of hydrogen-bond acceptors (Lipinski definition) is 2. The SMILES string of the molecule is N=C(N)c1ccc(-n2cc(I)cn2)c(F)c1. The van der Waals surface area contributed by atoms with Crippen LogP contribution in [-0.2, 0) is 0 Å². The molecule has 2 aromatic rings. The van der Waals surface area contributed by atoms with E-state index in [0.717, 1.165) is 3.57 Å². The van der Waals surface area contributed by atoms with E-state index in [9.17, 15) is 4.39 Å². The zero-order valence-corrected chi connectivity index (χ0v) is 10.3. The number of amidine groups is 1. The third-order valence-corrected chi connectivity index (χ3v) is 2.61. The predicted octanol–water partition coefficient (Wildman–Crippen LogP) is 1.90. The molecule has 4 nitrogen and oxygen atoms in total. The van der Waals surface area contributed by atoms with Gasteiger partial charge < -0.3 is 5.73 Å². The molecule has 0 aliphatic heterocycles. The molecule has 0 amide bonds. The monoisotopic (exact) mass is 330 g/mol. The molecule has 0 radical (unpaired) electrons. The minimum Gasteiger partial charge on any atom is -0.384 e. The molecule has 0 bridgehead atoms. The molecule has 0 saturated carbocycles. The standard InChI is InChI=1S/C10H8FIN4/c11-8-3-6(10(13)14)1-2-9(8)16-5-7(12)4-15-16/h1-5H,(H3,13,14). The fraction of sp³-hybridized carbons (Fsp3) is 0. The highest BCUT2D eigenvalue weighted by molar-refractivity contribution is 14.1. The van der Waals surface area contributed by atoms with Crippen LogP contribution < -0.4 is 5.73 Å². The first kappa shape index (κ1) is 11.1. The molecule has 0 aliphatic carbocycles. The first-order valence-electron chi connectivity index (χ1n) is 4.42. The van der Waals surface area contributed by atoms with Gasteiger partial charge in [-0.05, 0) is 40.8 Å². The van der Waals surface area contributed by atoms with E-state index in [1.165, 1.54) is 10.7 Å². The topological polar surface area (TPSA) is 67.7 Å². The van der Waals surface area contributed by atoms with E-state index < -0.39 is 5.82 Å². The van der Waals surface area contributed by atoms with Gasteiger partial charge >= 0.3 is 0 Å². The van der Waals surface area contributed by atoms with E-state index in [1.807, 2.05) is 0 Å². The van der Waals surface area contributed by atoms with Gasteiger partial charge in [-0.2, -0.15) is 5.10 Å². The van der Waals surface area contributed by atoms with Crippen LogP contribution in [0, 0.1) is 14.8 Å². The van der Waals surface area contributed by atoms with E-state index in [4.69, 9.17) is 11.1 Å². The smallest absolute Gasteiger partial charge is 0.149 e. The summed E-state index contributed by atoms with van der Waals surface area (Å²) in [4.78, 5) is 0. The summed E-state index contributed by atoms with van der Waals surface area (Å²) in [6, 6.07) is 4.37. The van der Waals surface area contributed by atoms with Crippen molar-refractivity contribution in [2.75, 3.05) is 0 Å². The summed E-state index contributed by atoms with van der Waals surface area (Å²) in [6.45, 7) is 0. The number of nitrogens with one attached hydrogen (secondary N) is 1. The molecule has 0 aliphatic rings. The molecule has 16 heavy (non-hydrogen) atoms. The van der Waals surface area contributed by atoms with Crippen molar-refractivity contribution in [1.82, 2.24) is 9.78 Å². The van der Waals surface area contributed by atoms with Crippen LogP contribution >= 0.6 is 22.6 Å². The minimum atomic E-state index is -0.452. The molecule has 0 atom stereocenters. The van der Waals surface area contributed by atoms with Gasteiger partial charge in [0.05, 0.1) is 9.77 Å². The summed E-state index contributed by atoms with van der Waals surface area (Å²) in [5.41, 5.74) is 5.97. The summed E-state index contributed by atoms with van der Waals surface area (Å²) in [7, 11) is 0. The number of benzene rings is 1. The van der Waals surface area contributed by atoms with Crippen molar-refractivity contribution >= 4 is 28.4 Å². The van der Waals surface area contributed by atoms with Gasteiger partial charge in [0, 0.05) is 11.8 Å². The Bertz CT molecular complexity index is 550. The fourth-order valence-electron chi connectivity index (χ4n) is 1.29. The van der Waals surface area contributed by atoms with Gasteiger partial charge in [-0.3, -0.25) is 5.41 Å². The molecule has 3 N–H and O–H groups in total. The molecule has 0 saturated heterocycles. The lowest BCUT2D eigenvalue weighted by atomic mass is 10.2. The van der Waals surface area contributed by atoms with Crippen LogP contribution in [0.25, 0.3) is 5.69 Å². The number of rotatable bonds is 2. The van der Waals surface area contributed by atoms with Crippen molar-refractivity contribution in [3.05, 3.63) is 45.5 Å². The third kappa shape index (κ3) is 2.06. The molecule has 1 aromatic carbocycles. The van der Waals surface area contributed by atoms with Crippen molar-refractivity contribution in [2.45, 2.75) is 0 Å². The predicted molar refractivity (Wildman–Crippen MR) is 67.3 cm³/mol. The summed E-state index contributed by atoms with van der Waals surface area (Å²) in [6.07, 6.45) is 3.35. The van der Waals surface area contributed by atoms with Crippen LogP contribution in [0.2, 0.25) is 0 Å². The molecule has 0 unspecified atom stereocenters.